The third-order valence-corrected chi connectivity index (χ3v) is 3.59. The second kappa shape index (κ2) is 6.07. The van der Waals surface area contributed by atoms with Crippen molar-refractivity contribution in [3.63, 3.8) is 0 Å². The highest BCUT2D eigenvalue weighted by Gasteiger charge is 2.30. The third kappa shape index (κ3) is 3.20. The molecule has 5 heteroatoms. The molecule has 1 aromatic heterocycles. The molecule has 1 N–H and O–H groups in total. The second-order valence-electron chi connectivity index (χ2n) is 5.30. The fourth-order valence-corrected chi connectivity index (χ4v) is 2.56. The zero-order chi connectivity index (χ0) is 15.4. The summed E-state index contributed by atoms with van der Waals surface area (Å²) in [7, 11) is 0. The Balaban J connectivity index is 1.95. The number of halogens is 1. The van der Waals surface area contributed by atoms with Gasteiger partial charge in [0.2, 0.25) is 0 Å². The summed E-state index contributed by atoms with van der Waals surface area (Å²) < 4.78 is 15.0. The van der Waals surface area contributed by atoms with E-state index in [2.05, 4.69) is 10.1 Å². The molecule has 0 spiro atoms. The molecule has 0 saturated carbocycles. The molecule has 1 atom stereocenters. The maximum Gasteiger partial charge on any atom is 0.137 e. The highest BCUT2D eigenvalue weighted by Crippen LogP contribution is 2.27. The average Bonchev–Trinajstić information content (AvgIpc) is 3.01. The van der Waals surface area contributed by atoms with Gasteiger partial charge in [0.1, 0.15) is 24.1 Å². The van der Waals surface area contributed by atoms with Gasteiger partial charge in [-0.3, -0.25) is 0 Å². The van der Waals surface area contributed by atoms with Gasteiger partial charge in [0.15, 0.2) is 0 Å². The van der Waals surface area contributed by atoms with Crippen LogP contribution in [0, 0.1) is 5.82 Å². The van der Waals surface area contributed by atoms with Crippen LogP contribution in [-0.2, 0) is 18.6 Å². The second-order valence-corrected chi connectivity index (χ2v) is 5.30. The average molecular weight is 297 g/mol. The van der Waals surface area contributed by atoms with Crippen LogP contribution in [0.5, 0.6) is 0 Å². The number of aromatic nitrogens is 3. The van der Waals surface area contributed by atoms with Crippen LogP contribution in [0.25, 0.3) is 0 Å². The van der Waals surface area contributed by atoms with E-state index in [1.54, 1.807) is 23.1 Å². The van der Waals surface area contributed by atoms with Crippen LogP contribution >= 0.6 is 0 Å². The molecule has 0 aliphatic carbocycles. The fourth-order valence-electron chi connectivity index (χ4n) is 2.56. The van der Waals surface area contributed by atoms with E-state index < -0.39 is 5.60 Å². The van der Waals surface area contributed by atoms with Crippen molar-refractivity contribution >= 4 is 0 Å². The minimum atomic E-state index is -1.19. The van der Waals surface area contributed by atoms with Gasteiger partial charge in [0, 0.05) is 6.42 Å². The molecule has 3 rings (SSSR count). The monoisotopic (exact) mass is 297 g/mol. The third-order valence-electron chi connectivity index (χ3n) is 3.59. The summed E-state index contributed by atoms with van der Waals surface area (Å²) in [6.45, 7) is 0.244. The van der Waals surface area contributed by atoms with Gasteiger partial charge in [0.25, 0.3) is 0 Å². The molecular weight excluding hydrogens is 281 g/mol. The zero-order valence-corrected chi connectivity index (χ0v) is 11.9. The Morgan fingerprint density at radius 3 is 2.59 bits per heavy atom. The van der Waals surface area contributed by atoms with Gasteiger partial charge in [-0.15, -0.1) is 0 Å². The number of aliphatic hydroxyl groups is 1. The normalized spacial score (nSPS) is 13.7. The Labute approximate surface area is 127 Å². The van der Waals surface area contributed by atoms with Crippen LogP contribution in [0.4, 0.5) is 4.39 Å². The minimum Gasteiger partial charge on any atom is -0.383 e. The molecule has 0 fully saturated rings. The first-order valence-corrected chi connectivity index (χ1v) is 7.00. The molecule has 3 aromatic rings. The predicted molar refractivity (Wildman–Crippen MR) is 80.5 cm³/mol. The molecule has 0 aliphatic heterocycles. The maximum atomic E-state index is 13.4. The van der Waals surface area contributed by atoms with Crippen molar-refractivity contribution in [1.29, 1.82) is 0 Å². The predicted octanol–water partition coefficient (Wildman–Crippen LogP) is 2.55. The Hall–Kier alpha value is -2.53. The van der Waals surface area contributed by atoms with Crippen molar-refractivity contribution in [3.05, 3.63) is 84.2 Å². The zero-order valence-electron chi connectivity index (χ0n) is 11.9. The Morgan fingerprint density at radius 2 is 1.91 bits per heavy atom. The quantitative estimate of drug-likeness (QED) is 0.787. The molecule has 4 nitrogen and oxygen atoms in total. The van der Waals surface area contributed by atoms with Crippen molar-refractivity contribution in [2.75, 3.05) is 0 Å². The molecule has 0 aliphatic rings. The lowest BCUT2D eigenvalue weighted by Gasteiger charge is -2.28. The van der Waals surface area contributed by atoms with Crippen molar-refractivity contribution in [2.24, 2.45) is 0 Å². The lowest BCUT2D eigenvalue weighted by molar-refractivity contribution is 0.0150. The fraction of sp³-hybridized carbons (Fsp3) is 0.176. The largest absolute Gasteiger partial charge is 0.383 e. The van der Waals surface area contributed by atoms with E-state index in [0.29, 0.717) is 0 Å². The summed E-state index contributed by atoms with van der Waals surface area (Å²) in [5, 5.41) is 15.2. The molecule has 0 bridgehead atoms. The van der Waals surface area contributed by atoms with Crippen LogP contribution in [-0.4, -0.2) is 19.9 Å². The van der Waals surface area contributed by atoms with Gasteiger partial charge in [0.05, 0.1) is 6.54 Å². The Morgan fingerprint density at radius 1 is 1.09 bits per heavy atom. The summed E-state index contributed by atoms with van der Waals surface area (Å²) in [6.07, 6.45) is 3.27. The SMILES string of the molecule is OC(Cc1cccc(F)c1)(Cn1cncn1)c1ccccc1. The van der Waals surface area contributed by atoms with Crippen molar-refractivity contribution in [2.45, 2.75) is 18.6 Å². The first kappa shape index (κ1) is 14.4. The van der Waals surface area contributed by atoms with Crippen LogP contribution in [0.15, 0.2) is 67.3 Å². The van der Waals surface area contributed by atoms with E-state index in [9.17, 15) is 9.50 Å². The van der Waals surface area contributed by atoms with Crippen molar-refractivity contribution in [3.8, 4) is 0 Å². The summed E-state index contributed by atoms with van der Waals surface area (Å²) in [4.78, 5) is 3.90. The summed E-state index contributed by atoms with van der Waals surface area (Å²) in [6, 6.07) is 15.6. The van der Waals surface area contributed by atoms with Crippen LogP contribution in [0.1, 0.15) is 11.1 Å². The number of rotatable bonds is 5. The Bertz CT molecular complexity index is 731. The highest BCUT2D eigenvalue weighted by atomic mass is 19.1. The van der Waals surface area contributed by atoms with Crippen LogP contribution < -0.4 is 0 Å². The molecule has 1 heterocycles. The number of hydrogen-bond acceptors (Lipinski definition) is 3. The molecule has 0 radical (unpaired) electrons. The number of hydrogen-bond donors (Lipinski definition) is 1. The molecule has 22 heavy (non-hydrogen) atoms. The maximum absolute atomic E-state index is 13.4. The molecule has 112 valence electrons. The summed E-state index contributed by atoms with van der Waals surface area (Å²) in [5.74, 6) is -0.311. The molecule has 0 amide bonds. The summed E-state index contributed by atoms with van der Waals surface area (Å²) in [5.41, 5.74) is 0.296. The Kier molecular flexibility index (Phi) is 3.98. The molecular formula is C17H16FN3O. The lowest BCUT2D eigenvalue weighted by Crippen LogP contribution is -2.34. The van der Waals surface area contributed by atoms with Gasteiger partial charge < -0.3 is 5.11 Å². The van der Waals surface area contributed by atoms with Crippen molar-refractivity contribution < 1.29 is 9.50 Å². The lowest BCUT2D eigenvalue weighted by atomic mass is 9.87. The van der Waals surface area contributed by atoms with E-state index in [4.69, 9.17) is 0 Å². The van der Waals surface area contributed by atoms with E-state index in [0.717, 1.165) is 11.1 Å². The van der Waals surface area contributed by atoms with Gasteiger partial charge in [-0.25, -0.2) is 14.1 Å². The topological polar surface area (TPSA) is 50.9 Å². The van der Waals surface area contributed by atoms with Crippen LogP contribution in [0.3, 0.4) is 0 Å². The summed E-state index contributed by atoms with van der Waals surface area (Å²) >= 11 is 0. The van der Waals surface area contributed by atoms with Gasteiger partial charge in [-0.05, 0) is 23.3 Å². The van der Waals surface area contributed by atoms with Gasteiger partial charge in [-0.1, -0.05) is 42.5 Å². The molecule has 0 saturated heterocycles. The van der Waals surface area contributed by atoms with Crippen molar-refractivity contribution in [1.82, 2.24) is 14.8 Å². The first-order chi connectivity index (χ1) is 10.7. The smallest absolute Gasteiger partial charge is 0.137 e. The van der Waals surface area contributed by atoms with E-state index in [1.807, 2.05) is 30.3 Å². The highest BCUT2D eigenvalue weighted by molar-refractivity contribution is 5.27. The molecule has 2 aromatic carbocycles. The molecule has 1 unspecified atom stereocenters. The first-order valence-electron chi connectivity index (χ1n) is 7.00. The van der Waals surface area contributed by atoms with E-state index in [1.165, 1.54) is 18.5 Å². The van der Waals surface area contributed by atoms with Gasteiger partial charge >= 0.3 is 0 Å². The number of nitrogens with zero attached hydrogens (tertiary/aromatic N) is 3. The minimum absolute atomic E-state index is 0.244. The van der Waals surface area contributed by atoms with E-state index >= 15 is 0 Å². The van der Waals surface area contributed by atoms with Gasteiger partial charge in [-0.2, -0.15) is 5.10 Å². The number of benzene rings is 2. The van der Waals surface area contributed by atoms with Crippen LogP contribution in [0.2, 0.25) is 0 Å². The van der Waals surface area contributed by atoms with E-state index in [-0.39, 0.29) is 18.8 Å². The standard InChI is InChI=1S/C17H16FN3O/c18-16-8-4-5-14(9-16)10-17(22,11-21-13-19-12-20-21)15-6-2-1-3-7-15/h1-9,12-13,22H,10-11H2.